The number of aryl methyl sites for hydroxylation is 2. The topological polar surface area (TPSA) is 24.1 Å². The average Bonchev–Trinajstić information content (AvgIpc) is 2.60. The molecule has 2 nitrogen and oxygen atoms in total. The van der Waals surface area contributed by atoms with Crippen LogP contribution in [-0.2, 0) is 12.8 Å². The molecule has 1 aliphatic rings. The third kappa shape index (κ3) is 5.44. The molecule has 140 valence electrons. The Morgan fingerprint density at radius 3 is 2.32 bits per heavy atom. The van der Waals surface area contributed by atoms with Crippen molar-refractivity contribution in [3.05, 3.63) is 28.8 Å². The average molecular weight is 361 g/mol. The van der Waals surface area contributed by atoms with Gasteiger partial charge in [0, 0.05) is 11.7 Å². The predicted molar refractivity (Wildman–Crippen MR) is 115 cm³/mol. The molecule has 0 radical (unpaired) electrons. The highest BCUT2D eigenvalue weighted by Crippen LogP contribution is 2.30. The summed E-state index contributed by atoms with van der Waals surface area (Å²) < 4.78 is 0. The first-order valence-electron chi connectivity index (χ1n) is 10.2. The Morgan fingerprint density at radius 1 is 1.16 bits per heavy atom. The van der Waals surface area contributed by atoms with E-state index in [1.165, 1.54) is 54.5 Å². The van der Waals surface area contributed by atoms with Crippen LogP contribution >= 0.6 is 12.2 Å². The van der Waals surface area contributed by atoms with Gasteiger partial charge in [-0.05, 0) is 72.8 Å². The van der Waals surface area contributed by atoms with E-state index >= 15 is 0 Å². The van der Waals surface area contributed by atoms with Gasteiger partial charge in [-0.25, -0.2) is 0 Å². The minimum atomic E-state index is 0.526. The van der Waals surface area contributed by atoms with Crippen molar-refractivity contribution < 1.29 is 0 Å². The Hall–Kier alpha value is -1.09. The fourth-order valence-electron chi connectivity index (χ4n) is 3.93. The second-order valence-corrected chi connectivity index (χ2v) is 8.21. The van der Waals surface area contributed by atoms with E-state index in [-0.39, 0.29) is 0 Å². The zero-order valence-corrected chi connectivity index (χ0v) is 17.6. The molecule has 3 unspecified atom stereocenters. The van der Waals surface area contributed by atoms with E-state index in [9.17, 15) is 0 Å². The highest BCUT2D eigenvalue weighted by Gasteiger charge is 2.20. The zero-order chi connectivity index (χ0) is 18.4. The van der Waals surface area contributed by atoms with Crippen LogP contribution in [0.1, 0.15) is 89.3 Å². The standard InChI is InChI=1S/C22H36N2S/c1-6-16(5)19-13-17(7-2)21(18(8-3)14-19)24-22(25)23-20-11-9-10-15(4)12-20/h13-16,20H,6-12H2,1-5H3,(H2,23,24,25). The Labute approximate surface area is 160 Å². The molecule has 0 saturated heterocycles. The molecule has 3 heteroatoms. The van der Waals surface area contributed by atoms with Crippen LogP contribution in [0.15, 0.2) is 12.1 Å². The molecule has 0 aromatic heterocycles. The molecule has 3 atom stereocenters. The fraction of sp³-hybridized carbons (Fsp3) is 0.682. The molecule has 1 aliphatic carbocycles. The third-order valence-electron chi connectivity index (χ3n) is 5.78. The van der Waals surface area contributed by atoms with Crippen LogP contribution in [0.2, 0.25) is 0 Å². The summed E-state index contributed by atoms with van der Waals surface area (Å²) in [6, 6.07) is 5.28. The van der Waals surface area contributed by atoms with Crippen molar-refractivity contribution in [1.29, 1.82) is 0 Å². The van der Waals surface area contributed by atoms with E-state index in [0.717, 1.165) is 23.9 Å². The molecule has 2 rings (SSSR count). The Balaban J connectivity index is 2.15. The van der Waals surface area contributed by atoms with Gasteiger partial charge in [-0.3, -0.25) is 0 Å². The lowest BCUT2D eigenvalue weighted by atomic mass is 9.87. The van der Waals surface area contributed by atoms with Crippen LogP contribution in [0.4, 0.5) is 5.69 Å². The van der Waals surface area contributed by atoms with Gasteiger partial charge < -0.3 is 10.6 Å². The van der Waals surface area contributed by atoms with Gasteiger partial charge in [0.2, 0.25) is 0 Å². The van der Waals surface area contributed by atoms with Crippen LogP contribution < -0.4 is 10.6 Å². The van der Waals surface area contributed by atoms with Crippen molar-refractivity contribution in [3.8, 4) is 0 Å². The summed E-state index contributed by atoms with van der Waals surface area (Å²) in [5.41, 5.74) is 5.46. The van der Waals surface area contributed by atoms with Gasteiger partial charge in [-0.2, -0.15) is 0 Å². The monoisotopic (exact) mass is 360 g/mol. The number of rotatable bonds is 6. The van der Waals surface area contributed by atoms with Crippen molar-refractivity contribution in [2.24, 2.45) is 5.92 Å². The highest BCUT2D eigenvalue weighted by molar-refractivity contribution is 7.80. The number of hydrogen-bond acceptors (Lipinski definition) is 1. The maximum atomic E-state index is 5.66. The summed E-state index contributed by atoms with van der Waals surface area (Å²) in [6.45, 7) is 11.4. The molecule has 0 bridgehead atoms. The van der Waals surface area contributed by atoms with Gasteiger partial charge >= 0.3 is 0 Å². The van der Waals surface area contributed by atoms with Gasteiger partial charge in [0.15, 0.2) is 5.11 Å². The molecule has 0 spiro atoms. The van der Waals surface area contributed by atoms with Gasteiger partial charge in [0.05, 0.1) is 0 Å². The number of benzene rings is 1. The summed E-state index contributed by atoms with van der Waals surface area (Å²) in [5, 5.41) is 7.91. The molecular weight excluding hydrogens is 324 g/mol. The van der Waals surface area contributed by atoms with Gasteiger partial charge in [-0.1, -0.05) is 59.6 Å². The normalized spacial score (nSPS) is 21.6. The van der Waals surface area contributed by atoms with Gasteiger partial charge in [0.1, 0.15) is 0 Å². The second-order valence-electron chi connectivity index (χ2n) is 7.80. The van der Waals surface area contributed by atoms with E-state index in [1.54, 1.807) is 0 Å². The maximum Gasteiger partial charge on any atom is 0.171 e. The smallest absolute Gasteiger partial charge is 0.171 e. The summed E-state index contributed by atoms with van der Waals surface area (Å²) in [7, 11) is 0. The lowest BCUT2D eigenvalue weighted by Crippen LogP contribution is -2.40. The summed E-state index contributed by atoms with van der Waals surface area (Å²) in [6.07, 6.45) is 8.38. The first kappa shape index (κ1) is 20.2. The molecule has 0 aliphatic heterocycles. The highest BCUT2D eigenvalue weighted by atomic mass is 32.1. The van der Waals surface area contributed by atoms with E-state index in [0.29, 0.717) is 12.0 Å². The fourth-order valence-corrected chi connectivity index (χ4v) is 4.20. The number of hydrogen-bond donors (Lipinski definition) is 2. The molecule has 25 heavy (non-hydrogen) atoms. The summed E-state index contributed by atoms with van der Waals surface area (Å²) in [4.78, 5) is 0. The summed E-state index contributed by atoms with van der Waals surface area (Å²) >= 11 is 5.66. The summed E-state index contributed by atoms with van der Waals surface area (Å²) in [5.74, 6) is 1.42. The first-order chi connectivity index (χ1) is 12.0. The lowest BCUT2D eigenvalue weighted by molar-refractivity contribution is 0.327. The molecule has 1 aromatic rings. The predicted octanol–water partition coefficient (Wildman–Crippen LogP) is 6.19. The van der Waals surface area contributed by atoms with Crippen molar-refractivity contribution in [3.63, 3.8) is 0 Å². The van der Waals surface area contributed by atoms with Crippen molar-refractivity contribution in [1.82, 2.24) is 5.32 Å². The number of anilines is 1. The lowest BCUT2D eigenvalue weighted by Gasteiger charge is -2.29. The first-order valence-corrected chi connectivity index (χ1v) is 10.6. The minimum Gasteiger partial charge on any atom is -0.360 e. The Bertz CT molecular complexity index is 556. The largest absolute Gasteiger partial charge is 0.360 e. The molecule has 1 saturated carbocycles. The molecule has 0 amide bonds. The molecule has 1 aromatic carbocycles. The Kier molecular flexibility index (Phi) is 7.74. The quantitative estimate of drug-likeness (QED) is 0.591. The van der Waals surface area contributed by atoms with E-state index in [2.05, 4.69) is 57.4 Å². The van der Waals surface area contributed by atoms with Crippen LogP contribution in [0.5, 0.6) is 0 Å². The SMILES string of the molecule is CCc1cc(C(C)CC)cc(CC)c1NC(=S)NC1CCCC(C)C1. The Morgan fingerprint density at radius 2 is 1.80 bits per heavy atom. The van der Waals surface area contributed by atoms with Crippen LogP contribution in [0, 0.1) is 5.92 Å². The molecule has 1 fully saturated rings. The molecular formula is C22H36N2S. The van der Waals surface area contributed by atoms with Crippen molar-refractivity contribution in [2.45, 2.75) is 91.5 Å². The molecule has 0 heterocycles. The van der Waals surface area contributed by atoms with E-state index in [4.69, 9.17) is 12.2 Å². The van der Waals surface area contributed by atoms with Gasteiger partial charge in [-0.15, -0.1) is 0 Å². The molecule has 2 N–H and O–H groups in total. The van der Waals surface area contributed by atoms with Crippen LogP contribution in [0.25, 0.3) is 0 Å². The maximum absolute atomic E-state index is 5.66. The second kappa shape index (κ2) is 9.56. The van der Waals surface area contributed by atoms with E-state index in [1.807, 2.05) is 0 Å². The zero-order valence-electron chi connectivity index (χ0n) is 16.7. The van der Waals surface area contributed by atoms with Crippen molar-refractivity contribution >= 4 is 23.0 Å². The van der Waals surface area contributed by atoms with Crippen molar-refractivity contribution in [2.75, 3.05) is 5.32 Å². The number of nitrogens with one attached hydrogen (secondary N) is 2. The minimum absolute atomic E-state index is 0.526. The van der Waals surface area contributed by atoms with Crippen LogP contribution in [-0.4, -0.2) is 11.2 Å². The van der Waals surface area contributed by atoms with E-state index < -0.39 is 0 Å². The number of thiocarbonyl (C=S) groups is 1. The van der Waals surface area contributed by atoms with Gasteiger partial charge in [0.25, 0.3) is 0 Å². The third-order valence-corrected chi connectivity index (χ3v) is 6.00. The van der Waals surface area contributed by atoms with Crippen LogP contribution in [0.3, 0.4) is 0 Å².